The Hall–Kier alpha value is -2.83. The second kappa shape index (κ2) is 5.04. The van der Waals surface area contributed by atoms with Crippen molar-refractivity contribution in [3.8, 4) is 0 Å². The number of nitrogens with zero attached hydrogens (tertiary/aromatic N) is 3. The standard InChI is InChI=1S/C13H12N5O2/c14-12(19)10-5-7-18(17-10)8-6-15-13-16-9-3-1-2-4-11(9)20-13/h1-4,7H,6,8H2,(H2,14,19)(H,15,16). The maximum Gasteiger partial charge on any atom is 0.295 e. The van der Waals surface area contributed by atoms with Gasteiger partial charge in [0.05, 0.1) is 6.54 Å². The lowest BCUT2D eigenvalue weighted by Crippen LogP contribution is -2.15. The first-order valence-electron chi connectivity index (χ1n) is 6.07. The maximum atomic E-state index is 10.9. The molecule has 0 unspecified atom stereocenters. The van der Waals surface area contributed by atoms with E-state index in [1.165, 1.54) is 0 Å². The lowest BCUT2D eigenvalue weighted by molar-refractivity contribution is 0.0994. The molecule has 1 amide bonds. The molecule has 1 aromatic carbocycles. The van der Waals surface area contributed by atoms with E-state index in [1.54, 1.807) is 10.9 Å². The average molecular weight is 270 g/mol. The summed E-state index contributed by atoms with van der Waals surface area (Å²) >= 11 is 0. The summed E-state index contributed by atoms with van der Waals surface area (Å²) in [7, 11) is 0. The first-order valence-corrected chi connectivity index (χ1v) is 6.07. The smallest absolute Gasteiger partial charge is 0.295 e. The van der Waals surface area contributed by atoms with Crippen molar-refractivity contribution in [1.29, 1.82) is 0 Å². The van der Waals surface area contributed by atoms with E-state index in [0.717, 1.165) is 11.1 Å². The molecule has 7 nitrogen and oxygen atoms in total. The molecule has 0 aliphatic carbocycles. The third-order valence-electron chi connectivity index (χ3n) is 2.72. The number of hydrogen-bond acceptors (Lipinski definition) is 5. The summed E-state index contributed by atoms with van der Waals surface area (Å²) < 4.78 is 7.09. The molecule has 0 aliphatic rings. The molecule has 2 aromatic heterocycles. The van der Waals surface area contributed by atoms with Gasteiger partial charge >= 0.3 is 0 Å². The summed E-state index contributed by atoms with van der Waals surface area (Å²) in [5.41, 5.74) is 6.77. The van der Waals surface area contributed by atoms with Crippen molar-refractivity contribution in [3.05, 3.63) is 42.2 Å². The molecule has 0 saturated heterocycles. The van der Waals surface area contributed by atoms with Gasteiger partial charge in [-0.3, -0.25) is 9.48 Å². The summed E-state index contributed by atoms with van der Waals surface area (Å²) in [6.45, 7) is 1.10. The number of amides is 1. The van der Waals surface area contributed by atoms with Crippen LogP contribution in [0.15, 0.2) is 34.9 Å². The fourth-order valence-corrected chi connectivity index (χ4v) is 1.78. The number of aromatic nitrogens is 3. The molecule has 3 rings (SSSR count). The van der Waals surface area contributed by atoms with Crippen molar-refractivity contribution in [3.63, 3.8) is 0 Å². The van der Waals surface area contributed by atoms with Gasteiger partial charge in [-0.1, -0.05) is 12.1 Å². The highest BCUT2D eigenvalue weighted by Gasteiger charge is 2.06. The fraction of sp³-hybridized carbons (Fsp3) is 0.154. The number of carbonyl (C=O) groups is 1. The number of nitrogens with one attached hydrogen (secondary N) is 1. The van der Waals surface area contributed by atoms with Crippen LogP contribution >= 0.6 is 0 Å². The van der Waals surface area contributed by atoms with E-state index in [-0.39, 0.29) is 5.69 Å². The molecule has 20 heavy (non-hydrogen) atoms. The molecule has 3 aromatic rings. The number of hydrogen-bond donors (Lipinski definition) is 2. The lowest BCUT2D eigenvalue weighted by atomic mass is 10.3. The van der Waals surface area contributed by atoms with Crippen molar-refractivity contribution >= 4 is 23.0 Å². The van der Waals surface area contributed by atoms with E-state index < -0.39 is 5.91 Å². The predicted octanol–water partition coefficient (Wildman–Crippen LogP) is 1.04. The number of anilines is 1. The zero-order valence-electron chi connectivity index (χ0n) is 10.5. The van der Waals surface area contributed by atoms with Gasteiger partial charge < -0.3 is 15.5 Å². The first kappa shape index (κ1) is 12.2. The normalized spacial score (nSPS) is 10.8. The van der Waals surface area contributed by atoms with Crippen molar-refractivity contribution in [2.45, 2.75) is 6.54 Å². The molecular formula is C13H12N5O2. The molecule has 1 radical (unpaired) electrons. The molecular weight excluding hydrogens is 258 g/mol. The van der Waals surface area contributed by atoms with Gasteiger partial charge in [-0.05, 0) is 12.1 Å². The number of nitrogens with two attached hydrogens (primary N) is 1. The fourth-order valence-electron chi connectivity index (χ4n) is 1.78. The first-order chi connectivity index (χ1) is 9.72. The van der Waals surface area contributed by atoms with E-state index >= 15 is 0 Å². The minimum absolute atomic E-state index is 0.131. The van der Waals surface area contributed by atoms with Crippen LogP contribution in [0.25, 0.3) is 11.1 Å². The highest BCUT2D eigenvalue weighted by atomic mass is 16.4. The number of oxazole rings is 1. The third kappa shape index (κ3) is 2.46. The van der Waals surface area contributed by atoms with Crippen molar-refractivity contribution < 1.29 is 9.21 Å². The summed E-state index contributed by atoms with van der Waals surface area (Å²) in [4.78, 5) is 15.2. The number of primary amides is 1. The van der Waals surface area contributed by atoms with Gasteiger partial charge in [0.25, 0.3) is 11.9 Å². The van der Waals surface area contributed by atoms with Gasteiger partial charge in [-0.15, -0.1) is 0 Å². The Bertz CT molecular complexity index is 713. The second-order valence-electron chi connectivity index (χ2n) is 4.16. The monoisotopic (exact) mass is 270 g/mol. The van der Waals surface area contributed by atoms with Crippen molar-refractivity contribution in [2.75, 3.05) is 11.9 Å². The SMILES string of the molecule is NC(=O)c1[c]cn(CCNc2nc3ccccc3o2)n1. The van der Waals surface area contributed by atoms with Crippen LogP contribution in [0.2, 0.25) is 0 Å². The van der Waals surface area contributed by atoms with Crippen LogP contribution in [0, 0.1) is 6.07 Å². The van der Waals surface area contributed by atoms with Crippen LogP contribution in [0.5, 0.6) is 0 Å². The molecule has 7 heteroatoms. The van der Waals surface area contributed by atoms with Crippen molar-refractivity contribution in [1.82, 2.24) is 14.8 Å². The Morgan fingerprint density at radius 1 is 1.45 bits per heavy atom. The topological polar surface area (TPSA) is 99.0 Å². The molecule has 0 bridgehead atoms. The van der Waals surface area contributed by atoms with Gasteiger partial charge in [-0.2, -0.15) is 10.1 Å². The van der Waals surface area contributed by atoms with E-state index in [0.29, 0.717) is 19.1 Å². The van der Waals surface area contributed by atoms with Gasteiger partial charge in [0.2, 0.25) is 0 Å². The van der Waals surface area contributed by atoms with Gasteiger partial charge in [0.1, 0.15) is 5.52 Å². The summed E-state index contributed by atoms with van der Waals surface area (Å²) in [6, 6.07) is 10.7. The zero-order valence-corrected chi connectivity index (χ0v) is 10.5. The molecule has 0 fully saturated rings. The van der Waals surface area contributed by atoms with E-state index in [1.807, 2.05) is 24.3 Å². The second-order valence-corrected chi connectivity index (χ2v) is 4.16. The minimum atomic E-state index is -0.587. The zero-order chi connectivity index (χ0) is 13.9. The molecule has 0 saturated carbocycles. The number of fused-ring (bicyclic) bond motifs is 1. The van der Waals surface area contributed by atoms with Crippen LogP contribution in [-0.4, -0.2) is 27.2 Å². The molecule has 101 valence electrons. The minimum Gasteiger partial charge on any atom is -0.424 e. The Morgan fingerprint density at radius 2 is 2.30 bits per heavy atom. The number of para-hydroxylation sites is 2. The summed E-state index contributed by atoms with van der Waals surface area (Å²) in [5, 5.41) is 7.03. The molecule has 0 aliphatic heterocycles. The Labute approximate surface area is 114 Å². The number of benzene rings is 1. The summed E-state index contributed by atoms with van der Waals surface area (Å²) in [5.74, 6) is -0.587. The van der Waals surface area contributed by atoms with Crippen LogP contribution in [-0.2, 0) is 6.54 Å². The van der Waals surface area contributed by atoms with E-state index in [4.69, 9.17) is 10.2 Å². The van der Waals surface area contributed by atoms with Crippen LogP contribution < -0.4 is 11.1 Å². The molecule has 2 heterocycles. The lowest BCUT2D eigenvalue weighted by Gasteiger charge is -2.01. The highest BCUT2D eigenvalue weighted by Crippen LogP contribution is 2.17. The molecule has 0 atom stereocenters. The van der Waals surface area contributed by atoms with E-state index in [9.17, 15) is 4.79 Å². The van der Waals surface area contributed by atoms with Gasteiger partial charge in [-0.25, -0.2) is 0 Å². The molecule has 3 N–H and O–H groups in total. The Kier molecular flexibility index (Phi) is 3.08. The van der Waals surface area contributed by atoms with Gasteiger partial charge in [0.15, 0.2) is 11.3 Å². The average Bonchev–Trinajstić information content (AvgIpc) is 3.04. The largest absolute Gasteiger partial charge is 0.424 e. The Balaban J connectivity index is 1.60. The van der Waals surface area contributed by atoms with Crippen LogP contribution in [0.3, 0.4) is 0 Å². The quantitative estimate of drug-likeness (QED) is 0.721. The highest BCUT2D eigenvalue weighted by molar-refractivity contribution is 5.90. The Morgan fingerprint density at radius 3 is 3.05 bits per heavy atom. The van der Waals surface area contributed by atoms with Gasteiger partial charge in [0, 0.05) is 18.8 Å². The van der Waals surface area contributed by atoms with Crippen LogP contribution in [0.1, 0.15) is 10.5 Å². The third-order valence-corrected chi connectivity index (χ3v) is 2.72. The maximum absolute atomic E-state index is 10.9. The summed E-state index contributed by atoms with van der Waals surface area (Å²) in [6.07, 6.45) is 1.58. The number of carbonyl (C=O) groups excluding carboxylic acids is 1. The predicted molar refractivity (Wildman–Crippen MR) is 72.1 cm³/mol. The van der Waals surface area contributed by atoms with Crippen LogP contribution in [0.4, 0.5) is 6.01 Å². The molecule has 0 spiro atoms. The van der Waals surface area contributed by atoms with E-state index in [2.05, 4.69) is 21.5 Å². The van der Waals surface area contributed by atoms with Crippen molar-refractivity contribution in [2.24, 2.45) is 5.73 Å². The number of rotatable bonds is 5.